The topological polar surface area (TPSA) is 102 Å². The maximum atomic E-state index is 13.5. The van der Waals surface area contributed by atoms with E-state index in [0.717, 1.165) is 11.3 Å². The van der Waals surface area contributed by atoms with Gasteiger partial charge in [0.25, 0.3) is 11.8 Å². The number of hydrogen-bond donors (Lipinski definition) is 2. The van der Waals surface area contributed by atoms with Gasteiger partial charge in [-0.2, -0.15) is 5.10 Å². The first-order valence-electron chi connectivity index (χ1n) is 11.5. The molecule has 0 radical (unpaired) electrons. The number of amides is 2. The molecule has 2 aromatic carbocycles. The van der Waals surface area contributed by atoms with Gasteiger partial charge in [-0.05, 0) is 43.3 Å². The highest BCUT2D eigenvalue weighted by Crippen LogP contribution is 2.27. The van der Waals surface area contributed by atoms with Gasteiger partial charge in [-0.15, -0.1) is 0 Å². The molecule has 0 aliphatic heterocycles. The number of benzene rings is 2. The summed E-state index contributed by atoms with van der Waals surface area (Å²) >= 11 is 0. The molecule has 0 saturated carbocycles. The molecule has 3 aromatic heterocycles. The third kappa shape index (κ3) is 4.69. The SMILES string of the molecule is Cc1nn(C)c2nc(-c3ccccc3)cc(C(=O)Nc3cccc(C(=O)NCc4ccccn4)c3)c12. The lowest BCUT2D eigenvalue weighted by Crippen LogP contribution is -2.23. The lowest BCUT2D eigenvalue weighted by atomic mass is 10.0. The molecule has 8 nitrogen and oxygen atoms in total. The van der Waals surface area contributed by atoms with Gasteiger partial charge in [-0.3, -0.25) is 19.3 Å². The van der Waals surface area contributed by atoms with E-state index in [4.69, 9.17) is 4.98 Å². The molecule has 36 heavy (non-hydrogen) atoms. The summed E-state index contributed by atoms with van der Waals surface area (Å²) in [5, 5.41) is 11.0. The van der Waals surface area contributed by atoms with Gasteiger partial charge in [0.1, 0.15) is 0 Å². The average Bonchev–Trinajstić information content (AvgIpc) is 3.21. The van der Waals surface area contributed by atoms with Gasteiger partial charge in [0.2, 0.25) is 0 Å². The molecular weight excluding hydrogens is 452 g/mol. The summed E-state index contributed by atoms with van der Waals surface area (Å²) in [7, 11) is 1.81. The van der Waals surface area contributed by atoms with Gasteiger partial charge in [0.15, 0.2) is 5.65 Å². The predicted molar refractivity (Wildman–Crippen MR) is 138 cm³/mol. The van der Waals surface area contributed by atoms with Crippen LogP contribution in [0.3, 0.4) is 0 Å². The van der Waals surface area contributed by atoms with E-state index in [1.165, 1.54) is 0 Å². The van der Waals surface area contributed by atoms with Crippen LogP contribution in [0.5, 0.6) is 0 Å². The Labute approximate surface area is 208 Å². The molecule has 5 aromatic rings. The molecule has 5 rings (SSSR count). The highest BCUT2D eigenvalue weighted by atomic mass is 16.2. The second-order valence-electron chi connectivity index (χ2n) is 8.37. The van der Waals surface area contributed by atoms with Gasteiger partial charge in [0.05, 0.1) is 34.6 Å². The second kappa shape index (κ2) is 9.79. The number of nitrogens with zero attached hydrogens (tertiary/aromatic N) is 4. The molecular formula is C28H24N6O2. The first-order chi connectivity index (χ1) is 17.5. The summed E-state index contributed by atoms with van der Waals surface area (Å²) in [5.41, 5.74) is 5.10. The number of anilines is 1. The molecule has 0 fully saturated rings. The summed E-state index contributed by atoms with van der Waals surface area (Å²) in [4.78, 5) is 35.1. The van der Waals surface area contributed by atoms with Crippen LogP contribution < -0.4 is 10.6 Å². The molecule has 178 valence electrons. The maximum absolute atomic E-state index is 13.5. The number of carbonyl (C=O) groups is 2. The van der Waals surface area contributed by atoms with Crippen molar-refractivity contribution in [1.82, 2.24) is 25.1 Å². The first-order valence-corrected chi connectivity index (χ1v) is 11.5. The monoisotopic (exact) mass is 476 g/mol. The minimum atomic E-state index is -0.304. The number of pyridine rings is 2. The zero-order chi connectivity index (χ0) is 25.1. The van der Waals surface area contributed by atoms with E-state index in [9.17, 15) is 9.59 Å². The van der Waals surface area contributed by atoms with E-state index < -0.39 is 0 Å². The zero-order valence-corrected chi connectivity index (χ0v) is 19.9. The Kier molecular flexibility index (Phi) is 6.23. The molecule has 0 spiro atoms. The van der Waals surface area contributed by atoms with Crippen LogP contribution >= 0.6 is 0 Å². The zero-order valence-electron chi connectivity index (χ0n) is 19.9. The summed E-state index contributed by atoms with van der Waals surface area (Å²) in [5.74, 6) is -0.556. The van der Waals surface area contributed by atoms with E-state index in [0.29, 0.717) is 45.8 Å². The molecule has 0 saturated heterocycles. The fraction of sp³-hybridized carbons (Fsp3) is 0.107. The number of hydrogen-bond acceptors (Lipinski definition) is 5. The van der Waals surface area contributed by atoms with Crippen molar-refractivity contribution in [3.8, 4) is 11.3 Å². The summed E-state index contributed by atoms with van der Waals surface area (Å²) in [6.07, 6.45) is 1.68. The number of aromatic nitrogens is 4. The van der Waals surface area contributed by atoms with Crippen LogP contribution in [0.4, 0.5) is 5.69 Å². The van der Waals surface area contributed by atoms with E-state index in [1.807, 2.05) is 62.5 Å². The van der Waals surface area contributed by atoms with Crippen molar-refractivity contribution in [3.05, 3.63) is 108 Å². The smallest absolute Gasteiger partial charge is 0.256 e. The Morgan fingerprint density at radius 2 is 1.72 bits per heavy atom. The molecule has 3 heterocycles. The molecule has 8 heteroatoms. The number of carbonyl (C=O) groups excluding carboxylic acids is 2. The molecule has 0 aliphatic carbocycles. The Morgan fingerprint density at radius 1 is 0.917 bits per heavy atom. The van der Waals surface area contributed by atoms with Crippen molar-refractivity contribution in [2.24, 2.45) is 7.05 Å². The van der Waals surface area contributed by atoms with E-state index >= 15 is 0 Å². The third-order valence-corrected chi connectivity index (χ3v) is 5.82. The minimum absolute atomic E-state index is 0.252. The number of fused-ring (bicyclic) bond motifs is 1. The predicted octanol–water partition coefficient (Wildman–Crippen LogP) is 4.52. The van der Waals surface area contributed by atoms with Crippen LogP contribution in [0.1, 0.15) is 32.1 Å². The van der Waals surface area contributed by atoms with Crippen LogP contribution in [0.25, 0.3) is 22.3 Å². The third-order valence-electron chi connectivity index (χ3n) is 5.82. The average molecular weight is 477 g/mol. The van der Waals surface area contributed by atoms with Crippen molar-refractivity contribution in [3.63, 3.8) is 0 Å². The summed E-state index contributed by atoms with van der Waals surface area (Å²) in [6, 6.07) is 23.9. The van der Waals surface area contributed by atoms with Crippen molar-refractivity contribution < 1.29 is 9.59 Å². The normalized spacial score (nSPS) is 10.8. The molecule has 2 amide bonds. The Hall–Kier alpha value is -4.85. The lowest BCUT2D eigenvalue weighted by Gasteiger charge is -2.11. The number of aryl methyl sites for hydroxylation is 2. The van der Waals surface area contributed by atoms with Gasteiger partial charge >= 0.3 is 0 Å². The summed E-state index contributed by atoms with van der Waals surface area (Å²) < 4.78 is 1.68. The van der Waals surface area contributed by atoms with E-state index in [-0.39, 0.29) is 11.8 Å². The number of nitrogens with one attached hydrogen (secondary N) is 2. The van der Waals surface area contributed by atoms with Gasteiger partial charge < -0.3 is 10.6 Å². The van der Waals surface area contributed by atoms with Gasteiger partial charge in [0, 0.05) is 30.1 Å². The molecule has 0 unspecified atom stereocenters. The molecule has 0 bridgehead atoms. The highest BCUT2D eigenvalue weighted by molar-refractivity contribution is 6.13. The van der Waals surface area contributed by atoms with Crippen molar-refractivity contribution in [2.75, 3.05) is 5.32 Å². The molecule has 0 aliphatic rings. The van der Waals surface area contributed by atoms with Gasteiger partial charge in [-0.1, -0.05) is 42.5 Å². The Balaban J connectivity index is 1.42. The standard InChI is InChI=1S/C28H24N6O2/c1-18-25-23(16-24(19-9-4-3-5-10-19)32-26(25)34(2)33-18)28(36)31-21-13-8-11-20(15-21)27(35)30-17-22-12-6-7-14-29-22/h3-16H,17H2,1-2H3,(H,30,35)(H,31,36). The quantitative estimate of drug-likeness (QED) is 0.375. The van der Waals surface area contributed by atoms with Crippen LogP contribution in [0.15, 0.2) is 85.1 Å². The fourth-order valence-electron chi connectivity index (χ4n) is 4.09. The number of rotatable bonds is 6. The van der Waals surface area contributed by atoms with Crippen LogP contribution in [-0.4, -0.2) is 31.6 Å². The molecule has 2 N–H and O–H groups in total. The van der Waals surface area contributed by atoms with Gasteiger partial charge in [-0.25, -0.2) is 4.98 Å². The second-order valence-corrected chi connectivity index (χ2v) is 8.37. The minimum Gasteiger partial charge on any atom is -0.346 e. The molecule has 0 atom stereocenters. The van der Waals surface area contributed by atoms with Crippen molar-refractivity contribution in [1.29, 1.82) is 0 Å². The highest BCUT2D eigenvalue weighted by Gasteiger charge is 2.20. The summed E-state index contributed by atoms with van der Waals surface area (Å²) in [6.45, 7) is 2.17. The van der Waals surface area contributed by atoms with Crippen molar-refractivity contribution in [2.45, 2.75) is 13.5 Å². The van der Waals surface area contributed by atoms with Crippen LogP contribution in [-0.2, 0) is 13.6 Å². The van der Waals surface area contributed by atoms with Crippen LogP contribution in [0.2, 0.25) is 0 Å². The lowest BCUT2D eigenvalue weighted by molar-refractivity contribution is 0.0949. The first kappa shape index (κ1) is 22.9. The van der Waals surface area contributed by atoms with E-state index in [2.05, 4.69) is 20.7 Å². The maximum Gasteiger partial charge on any atom is 0.256 e. The fourth-order valence-corrected chi connectivity index (χ4v) is 4.09. The van der Waals surface area contributed by atoms with E-state index in [1.54, 1.807) is 41.2 Å². The van der Waals surface area contributed by atoms with Crippen LogP contribution in [0, 0.1) is 6.92 Å². The largest absolute Gasteiger partial charge is 0.346 e. The van der Waals surface area contributed by atoms with Crippen molar-refractivity contribution >= 4 is 28.5 Å². The Bertz CT molecular complexity index is 1560. The Morgan fingerprint density at radius 3 is 2.50 bits per heavy atom.